The zero-order valence-electron chi connectivity index (χ0n) is 16.4. The van der Waals surface area contributed by atoms with Gasteiger partial charge in [0.15, 0.2) is 0 Å². The summed E-state index contributed by atoms with van der Waals surface area (Å²) in [6.07, 6.45) is 12.8. The predicted octanol–water partition coefficient (Wildman–Crippen LogP) is 3.89. The van der Waals surface area contributed by atoms with Crippen LogP contribution in [0.25, 0.3) is 0 Å². The van der Waals surface area contributed by atoms with E-state index in [1.165, 1.54) is 25.7 Å². The summed E-state index contributed by atoms with van der Waals surface area (Å²) in [6, 6.07) is 3.78. The Morgan fingerprint density at radius 3 is 2.76 bits per heavy atom. The van der Waals surface area contributed by atoms with Crippen molar-refractivity contribution in [3.05, 3.63) is 41.4 Å². The average molecular weight is 416 g/mol. The van der Waals surface area contributed by atoms with Gasteiger partial charge in [0.05, 0.1) is 30.2 Å². The van der Waals surface area contributed by atoms with Crippen molar-refractivity contribution in [2.75, 3.05) is 13.2 Å². The monoisotopic (exact) mass is 415 g/mol. The van der Waals surface area contributed by atoms with E-state index in [4.69, 9.17) is 16.3 Å². The first-order valence-electron chi connectivity index (χ1n) is 10.2. The molecular formula is C21H26ClN5O2. The summed E-state index contributed by atoms with van der Waals surface area (Å²) in [6.45, 7) is 2.60. The number of fused-ring (bicyclic) bond motifs is 2. The lowest BCUT2D eigenvalue weighted by atomic mass is 10.1. The lowest BCUT2D eigenvalue weighted by molar-refractivity contribution is -0.118. The molecule has 1 aromatic carbocycles. The Morgan fingerprint density at radius 2 is 1.93 bits per heavy atom. The van der Waals surface area contributed by atoms with Gasteiger partial charge in [0.2, 0.25) is 11.9 Å². The van der Waals surface area contributed by atoms with E-state index in [-0.39, 0.29) is 5.91 Å². The van der Waals surface area contributed by atoms with Gasteiger partial charge in [-0.15, -0.1) is 0 Å². The SMILES string of the molecule is O=C1CN2Cc3c(ccc(OCCCCCCCCn4ccnc4)c3Cl)N=C2N1. The third-order valence-electron chi connectivity index (χ3n) is 5.27. The standard InChI is InChI=1S/C21H26ClN5O2/c22-20-16-13-27-14-19(28)25-21(27)24-17(16)7-8-18(20)29-12-6-4-2-1-3-5-10-26-11-9-23-15-26/h7-9,11,15H,1-6,10,12-14H2,(H,24,25,28). The molecule has 29 heavy (non-hydrogen) atoms. The Hall–Kier alpha value is -2.54. The topological polar surface area (TPSA) is 71.8 Å². The maximum absolute atomic E-state index is 11.6. The summed E-state index contributed by atoms with van der Waals surface area (Å²) in [5, 5.41) is 3.36. The Kier molecular flexibility index (Phi) is 6.34. The fourth-order valence-corrected chi connectivity index (χ4v) is 3.96. The van der Waals surface area contributed by atoms with Crippen molar-refractivity contribution in [3.63, 3.8) is 0 Å². The number of unbranched alkanes of at least 4 members (excludes halogenated alkanes) is 5. The number of guanidine groups is 1. The third-order valence-corrected chi connectivity index (χ3v) is 5.69. The maximum atomic E-state index is 11.6. The van der Waals surface area contributed by atoms with Crippen LogP contribution < -0.4 is 10.1 Å². The van der Waals surface area contributed by atoms with Crippen LogP contribution in [0, 0.1) is 0 Å². The van der Waals surface area contributed by atoms with E-state index >= 15 is 0 Å². The van der Waals surface area contributed by atoms with E-state index in [0.717, 1.165) is 30.6 Å². The van der Waals surface area contributed by atoms with Gasteiger partial charge in [0.1, 0.15) is 12.3 Å². The molecule has 1 saturated heterocycles. The highest BCUT2D eigenvalue weighted by atomic mass is 35.5. The van der Waals surface area contributed by atoms with E-state index < -0.39 is 0 Å². The molecule has 0 atom stereocenters. The smallest absolute Gasteiger partial charge is 0.246 e. The van der Waals surface area contributed by atoms with Gasteiger partial charge in [-0.2, -0.15) is 0 Å². The second kappa shape index (κ2) is 9.31. The Balaban J connectivity index is 1.16. The summed E-state index contributed by atoms with van der Waals surface area (Å²) in [5.74, 6) is 1.27. The number of nitrogens with one attached hydrogen (secondary N) is 1. The summed E-state index contributed by atoms with van der Waals surface area (Å²) >= 11 is 6.56. The summed E-state index contributed by atoms with van der Waals surface area (Å²) in [7, 11) is 0. The Morgan fingerprint density at radius 1 is 1.10 bits per heavy atom. The number of carbonyl (C=O) groups excluding carboxylic acids is 1. The van der Waals surface area contributed by atoms with Crippen LogP contribution >= 0.6 is 11.6 Å². The number of carbonyl (C=O) groups is 1. The number of aromatic nitrogens is 2. The van der Waals surface area contributed by atoms with Crippen molar-refractivity contribution in [2.45, 2.75) is 51.6 Å². The highest BCUT2D eigenvalue weighted by molar-refractivity contribution is 6.33. The second-order valence-corrected chi connectivity index (χ2v) is 7.86. The molecule has 1 amide bonds. The molecule has 8 heteroatoms. The number of ether oxygens (including phenoxy) is 1. The molecule has 1 aromatic heterocycles. The summed E-state index contributed by atoms with van der Waals surface area (Å²) in [4.78, 5) is 22.0. The van der Waals surface area contributed by atoms with E-state index in [9.17, 15) is 4.79 Å². The van der Waals surface area contributed by atoms with Crippen LogP contribution in [0.2, 0.25) is 5.02 Å². The largest absolute Gasteiger partial charge is 0.492 e. The summed E-state index contributed by atoms with van der Waals surface area (Å²) < 4.78 is 8.05. The molecule has 7 nitrogen and oxygen atoms in total. The lowest BCUT2D eigenvalue weighted by Crippen LogP contribution is -2.32. The molecule has 4 rings (SSSR count). The molecule has 0 saturated carbocycles. The zero-order valence-corrected chi connectivity index (χ0v) is 17.2. The fourth-order valence-electron chi connectivity index (χ4n) is 3.69. The lowest BCUT2D eigenvalue weighted by Gasteiger charge is -2.24. The molecule has 0 bridgehead atoms. The maximum Gasteiger partial charge on any atom is 0.246 e. The Labute approximate surface area is 175 Å². The molecule has 0 unspecified atom stereocenters. The van der Waals surface area contributed by atoms with Crippen molar-refractivity contribution in [3.8, 4) is 5.75 Å². The first-order chi connectivity index (χ1) is 14.2. The molecule has 1 N–H and O–H groups in total. The number of imidazole rings is 1. The third kappa shape index (κ3) is 4.90. The van der Waals surface area contributed by atoms with Gasteiger partial charge in [0.25, 0.3) is 0 Å². The van der Waals surface area contributed by atoms with Crippen LogP contribution in [0.5, 0.6) is 5.75 Å². The molecule has 0 aliphatic carbocycles. The van der Waals surface area contributed by atoms with Crippen LogP contribution in [0.15, 0.2) is 35.8 Å². The van der Waals surface area contributed by atoms with E-state index in [1.807, 2.05) is 35.8 Å². The van der Waals surface area contributed by atoms with Gasteiger partial charge in [-0.05, 0) is 25.0 Å². The van der Waals surface area contributed by atoms with Crippen molar-refractivity contribution < 1.29 is 9.53 Å². The normalized spacial score (nSPS) is 15.0. The summed E-state index contributed by atoms with van der Waals surface area (Å²) in [5.41, 5.74) is 1.72. The molecular weight excluding hydrogens is 390 g/mol. The van der Waals surface area contributed by atoms with Crippen molar-refractivity contribution in [1.82, 2.24) is 19.8 Å². The van der Waals surface area contributed by atoms with Crippen molar-refractivity contribution >= 4 is 29.2 Å². The molecule has 2 aliphatic heterocycles. The minimum atomic E-state index is -0.0362. The van der Waals surface area contributed by atoms with Gasteiger partial charge in [-0.3, -0.25) is 10.1 Å². The minimum absolute atomic E-state index is 0.0362. The van der Waals surface area contributed by atoms with Crippen LogP contribution in [-0.4, -0.2) is 39.5 Å². The molecule has 2 aliphatic rings. The molecule has 3 heterocycles. The molecule has 154 valence electrons. The average Bonchev–Trinajstić information content (AvgIpc) is 3.35. The van der Waals surface area contributed by atoms with Crippen molar-refractivity contribution in [1.29, 1.82) is 0 Å². The van der Waals surface area contributed by atoms with Crippen LogP contribution in [-0.2, 0) is 17.9 Å². The number of nitrogens with zero attached hydrogens (tertiary/aromatic N) is 4. The highest BCUT2D eigenvalue weighted by Gasteiger charge is 2.30. The first kappa shape index (κ1) is 19.8. The number of rotatable bonds is 10. The molecule has 1 fully saturated rings. The Bertz CT molecular complexity index is 881. The van der Waals surface area contributed by atoms with E-state index in [1.54, 1.807) is 0 Å². The number of hydrogen-bond donors (Lipinski definition) is 1. The predicted molar refractivity (Wildman–Crippen MR) is 113 cm³/mol. The number of aliphatic imine (C=N–C) groups is 1. The second-order valence-electron chi connectivity index (χ2n) is 7.49. The number of aryl methyl sites for hydroxylation is 1. The molecule has 0 radical (unpaired) electrons. The van der Waals surface area contributed by atoms with Crippen LogP contribution in [0.1, 0.15) is 44.1 Å². The molecule has 0 spiro atoms. The van der Waals surface area contributed by atoms with Gasteiger partial charge < -0.3 is 14.2 Å². The quantitative estimate of drug-likeness (QED) is 0.597. The van der Waals surface area contributed by atoms with E-state index in [2.05, 4.69) is 19.9 Å². The van der Waals surface area contributed by atoms with E-state index in [0.29, 0.717) is 36.4 Å². The highest BCUT2D eigenvalue weighted by Crippen LogP contribution is 2.38. The van der Waals surface area contributed by atoms with Crippen LogP contribution in [0.3, 0.4) is 0 Å². The number of benzene rings is 1. The zero-order chi connectivity index (χ0) is 20.1. The van der Waals surface area contributed by atoms with Gasteiger partial charge in [-0.25, -0.2) is 9.98 Å². The fraction of sp³-hybridized carbons (Fsp3) is 0.476. The van der Waals surface area contributed by atoms with Gasteiger partial charge in [-0.1, -0.05) is 37.3 Å². The van der Waals surface area contributed by atoms with Crippen molar-refractivity contribution in [2.24, 2.45) is 4.99 Å². The number of halogens is 1. The number of hydrogen-bond acceptors (Lipinski definition) is 5. The first-order valence-corrected chi connectivity index (χ1v) is 10.6. The van der Waals surface area contributed by atoms with Crippen LogP contribution in [0.4, 0.5) is 5.69 Å². The number of amides is 1. The molecule has 2 aromatic rings. The minimum Gasteiger partial charge on any atom is -0.492 e. The van der Waals surface area contributed by atoms with Gasteiger partial charge >= 0.3 is 0 Å². The van der Waals surface area contributed by atoms with Gasteiger partial charge in [0, 0.05) is 24.5 Å².